The van der Waals surface area contributed by atoms with Gasteiger partial charge in [0.2, 0.25) is 0 Å². The van der Waals surface area contributed by atoms with Crippen LogP contribution in [-0.4, -0.2) is 34.7 Å². The third-order valence-corrected chi connectivity index (χ3v) is 15.4. The second kappa shape index (κ2) is 27.1. The van der Waals surface area contributed by atoms with E-state index in [1.54, 1.807) is 0 Å². The van der Waals surface area contributed by atoms with E-state index >= 15 is 4.79 Å². The van der Waals surface area contributed by atoms with Crippen molar-refractivity contribution in [2.75, 3.05) is 18.1 Å². The molecular formula is C40H56I6N2O5. The highest BCUT2D eigenvalue weighted by atomic mass is 127. The lowest BCUT2D eigenvalue weighted by atomic mass is 9.63. The van der Waals surface area contributed by atoms with E-state index in [4.69, 9.17) is 16.2 Å². The van der Waals surface area contributed by atoms with Gasteiger partial charge in [0, 0.05) is 26.6 Å². The number of allylic oxidation sites excluding steroid dienone is 2. The average molecular weight is 1410 g/mol. The van der Waals surface area contributed by atoms with E-state index in [1.165, 1.54) is 38.5 Å². The first-order valence-electron chi connectivity index (χ1n) is 18.8. The summed E-state index contributed by atoms with van der Waals surface area (Å²) >= 11 is 13.1. The van der Waals surface area contributed by atoms with Crippen LogP contribution >= 0.6 is 136 Å². The molecular weight excluding hydrogens is 1350 g/mol. The van der Waals surface area contributed by atoms with Crippen LogP contribution in [0.5, 0.6) is 5.75 Å². The number of carbonyl (C=O) groups is 2. The van der Waals surface area contributed by atoms with Crippen LogP contribution in [0.15, 0.2) is 24.3 Å². The molecule has 6 N–H and O–H groups in total. The Morgan fingerprint density at radius 1 is 0.736 bits per heavy atom. The van der Waals surface area contributed by atoms with Gasteiger partial charge >= 0.3 is 5.97 Å². The number of benzene rings is 2. The molecule has 0 heterocycles. The summed E-state index contributed by atoms with van der Waals surface area (Å²) in [5, 5.41) is 21.3. The maximum absolute atomic E-state index is 15.0. The lowest BCUT2D eigenvalue weighted by molar-refractivity contribution is -0.158. The molecule has 2 aromatic rings. The largest absolute Gasteiger partial charge is 0.423 e. The van der Waals surface area contributed by atoms with Gasteiger partial charge in [0.05, 0.1) is 31.2 Å². The molecule has 0 amide bonds. The number of ether oxygens (including phenoxy) is 1. The van der Waals surface area contributed by atoms with E-state index in [9.17, 15) is 15.0 Å². The molecule has 3 atom stereocenters. The predicted octanol–water partition coefficient (Wildman–Crippen LogP) is 12.7. The molecule has 2 rings (SSSR count). The van der Waals surface area contributed by atoms with Gasteiger partial charge < -0.3 is 26.4 Å². The number of esters is 1. The van der Waals surface area contributed by atoms with Crippen LogP contribution < -0.4 is 16.2 Å². The third-order valence-electron chi connectivity index (χ3n) is 9.68. The van der Waals surface area contributed by atoms with Gasteiger partial charge in [0.15, 0.2) is 11.5 Å². The molecule has 0 aliphatic heterocycles. The number of hydrogen-bond acceptors (Lipinski definition) is 7. The Hall–Kier alpha value is 1.22. The zero-order valence-corrected chi connectivity index (χ0v) is 43.9. The van der Waals surface area contributed by atoms with Crippen LogP contribution in [0, 0.1) is 26.8 Å². The van der Waals surface area contributed by atoms with Gasteiger partial charge in [-0.1, -0.05) is 90.2 Å². The number of halogens is 6. The second-order valence-electron chi connectivity index (χ2n) is 13.7. The Kier molecular flexibility index (Phi) is 25.7. The Labute approximate surface area is 399 Å². The average Bonchev–Trinajstić information content (AvgIpc) is 3.13. The molecule has 0 saturated carbocycles. The van der Waals surface area contributed by atoms with E-state index < -0.39 is 30.0 Å². The monoisotopic (exact) mass is 1410 g/mol. The van der Waals surface area contributed by atoms with Crippen LogP contribution in [0.4, 0.5) is 11.4 Å². The number of rotatable bonds is 26. The van der Waals surface area contributed by atoms with Crippen molar-refractivity contribution in [2.24, 2.45) is 5.41 Å². The summed E-state index contributed by atoms with van der Waals surface area (Å²) in [6.45, 7) is 3.73. The first-order chi connectivity index (χ1) is 25.3. The highest BCUT2D eigenvalue weighted by Crippen LogP contribution is 2.51. The van der Waals surface area contributed by atoms with Gasteiger partial charge in [0.1, 0.15) is 5.41 Å². The number of anilines is 2. The summed E-state index contributed by atoms with van der Waals surface area (Å²) in [7, 11) is 0. The molecule has 0 fully saturated rings. The summed E-state index contributed by atoms with van der Waals surface area (Å²) in [6, 6.07) is 3.82. The molecule has 298 valence electrons. The van der Waals surface area contributed by atoms with E-state index in [2.05, 4.69) is 162 Å². The molecule has 7 nitrogen and oxygen atoms in total. The third kappa shape index (κ3) is 15.4. The molecule has 3 unspecified atom stereocenters. The lowest BCUT2D eigenvalue weighted by Gasteiger charge is -2.40. The van der Waals surface area contributed by atoms with Crippen molar-refractivity contribution in [2.45, 2.75) is 141 Å². The van der Waals surface area contributed by atoms with Gasteiger partial charge in [-0.05, 0) is 198 Å². The smallest absolute Gasteiger partial charge is 0.325 e. The number of aliphatic hydroxyl groups excluding tert-OH is 2. The number of nitrogen functional groups attached to an aromatic ring is 2. The summed E-state index contributed by atoms with van der Waals surface area (Å²) in [4.78, 5) is 30.0. The van der Waals surface area contributed by atoms with Gasteiger partial charge in [-0.2, -0.15) is 0 Å². The van der Waals surface area contributed by atoms with Crippen LogP contribution in [-0.2, 0) is 9.59 Å². The highest BCUT2D eigenvalue weighted by Gasteiger charge is 2.55. The molecule has 0 aliphatic rings. The molecule has 0 bridgehead atoms. The number of aliphatic hydroxyl groups is 2. The fourth-order valence-electron chi connectivity index (χ4n) is 6.66. The highest BCUT2D eigenvalue weighted by molar-refractivity contribution is 14.1. The summed E-state index contributed by atoms with van der Waals surface area (Å²) in [5.41, 5.74) is 13.1. The van der Waals surface area contributed by atoms with E-state index in [1.807, 2.05) is 12.1 Å². The number of ketones is 1. The van der Waals surface area contributed by atoms with Crippen LogP contribution in [0.2, 0.25) is 0 Å². The number of hydrogen-bond donors (Lipinski definition) is 4. The van der Waals surface area contributed by atoms with Gasteiger partial charge in [0.25, 0.3) is 0 Å². The maximum atomic E-state index is 15.0. The van der Waals surface area contributed by atoms with Crippen molar-refractivity contribution in [1.29, 1.82) is 0 Å². The summed E-state index contributed by atoms with van der Waals surface area (Å²) < 4.78 is 11.0. The van der Waals surface area contributed by atoms with Crippen molar-refractivity contribution in [3.63, 3.8) is 0 Å². The lowest BCUT2D eigenvalue weighted by Crippen LogP contribution is -2.50. The van der Waals surface area contributed by atoms with E-state index in [0.717, 1.165) is 71.2 Å². The molecule has 0 spiro atoms. The Balaban J connectivity index is 2.41. The zero-order chi connectivity index (χ0) is 39.6. The van der Waals surface area contributed by atoms with Crippen molar-refractivity contribution >= 4 is 159 Å². The minimum Gasteiger partial charge on any atom is -0.423 e. The summed E-state index contributed by atoms with van der Waals surface area (Å²) in [6.07, 6.45) is 20.1. The van der Waals surface area contributed by atoms with Gasteiger partial charge in [-0.25, -0.2) is 0 Å². The molecule has 2 aromatic carbocycles. The molecule has 0 aromatic heterocycles. The number of nitrogens with two attached hydrogens (primary N) is 2. The van der Waals surface area contributed by atoms with E-state index in [-0.39, 0.29) is 18.6 Å². The van der Waals surface area contributed by atoms with Crippen LogP contribution in [0.3, 0.4) is 0 Å². The molecule has 13 heteroatoms. The van der Waals surface area contributed by atoms with Crippen molar-refractivity contribution in [3.05, 3.63) is 51.3 Å². The number of unbranched alkanes of at least 4 members (excludes halogenated alkanes) is 12. The van der Waals surface area contributed by atoms with E-state index in [0.29, 0.717) is 37.1 Å². The Morgan fingerprint density at radius 3 is 1.81 bits per heavy atom. The molecule has 53 heavy (non-hydrogen) atoms. The Bertz CT molecular complexity index is 1510. The molecule has 0 saturated heterocycles. The fraction of sp³-hybridized carbons (Fsp3) is 0.600. The van der Waals surface area contributed by atoms with Crippen molar-refractivity contribution in [1.82, 2.24) is 0 Å². The topological polar surface area (TPSA) is 136 Å². The second-order valence-corrected chi connectivity index (χ2v) is 20.5. The quantitative estimate of drug-likeness (QED) is 0.0140. The fourth-order valence-corrected chi connectivity index (χ4v) is 14.4. The zero-order valence-electron chi connectivity index (χ0n) is 30.9. The van der Waals surface area contributed by atoms with Gasteiger partial charge in [-0.3, -0.25) is 9.59 Å². The minimum atomic E-state index is -1.79. The Morgan fingerprint density at radius 2 is 1.25 bits per heavy atom. The first-order valence-corrected chi connectivity index (χ1v) is 25.3. The summed E-state index contributed by atoms with van der Waals surface area (Å²) in [5.74, 6) is -1.36. The number of carbonyl (C=O) groups excluding carboxylic acids is 2. The molecule has 0 radical (unpaired) electrons. The molecule has 0 aliphatic carbocycles. The predicted molar refractivity (Wildman–Crippen MR) is 271 cm³/mol. The standard InChI is InChI=1S/C40H56I6N2O5/c1-3-5-7-8-9-10-11-12-13-14-15-16-17-18-19-21-32(51)40(24-26(50)25-49,39(52)53-38-31(44)23-30(43)37(48)35(38)46)27(20-6-4-2)33-28(41)22-29(42)36(47)34(33)45/h12-13,22-23,26-27,49-50H,3-11,14-21,24-25,47-48H2,1-2H3/b13-12-. The van der Waals surface area contributed by atoms with Gasteiger partial charge in [-0.15, -0.1) is 0 Å². The maximum Gasteiger partial charge on any atom is 0.325 e. The minimum absolute atomic E-state index is 0.157. The van der Waals surface area contributed by atoms with Crippen molar-refractivity contribution < 1.29 is 24.5 Å². The van der Waals surface area contributed by atoms with Crippen molar-refractivity contribution in [3.8, 4) is 5.75 Å². The normalized spacial score (nSPS) is 14.0. The van der Waals surface area contributed by atoms with Crippen LogP contribution in [0.1, 0.15) is 141 Å². The number of Topliss-reactive ketones (excluding diaryl/α,β-unsaturated/α-hetero) is 1. The van der Waals surface area contributed by atoms with Crippen LogP contribution in [0.25, 0.3) is 0 Å². The first kappa shape index (κ1) is 50.4. The SMILES string of the molecule is CCCCCCCC/C=C\CCCCCCCC(=O)C(CC(O)CO)(C(=O)Oc1c(I)cc(I)c(N)c1I)C(CCCC)c1c(I)cc(I)c(N)c1I.